The number of pyridine rings is 1. The van der Waals surface area contributed by atoms with E-state index in [0.29, 0.717) is 11.4 Å². The van der Waals surface area contributed by atoms with Crippen LogP contribution in [0.25, 0.3) is 10.9 Å². The van der Waals surface area contributed by atoms with Gasteiger partial charge in [-0.1, -0.05) is 30.3 Å². The number of sulfonamides is 1. The summed E-state index contributed by atoms with van der Waals surface area (Å²) < 4.78 is 30.6. The molecule has 0 saturated heterocycles. The molecule has 4 rings (SSSR count). The van der Waals surface area contributed by atoms with E-state index in [2.05, 4.69) is 4.72 Å². The molecule has 0 amide bonds. The van der Waals surface area contributed by atoms with E-state index in [0.717, 1.165) is 46.0 Å². The molecule has 3 aromatic rings. The molecule has 2 aromatic carbocycles. The van der Waals surface area contributed by atoms with Gasteiger partial charge in [-0.3, -0.25) is 4.79 Å². The van der Waals surface area contributed by atoms with Crippen LogP contribution in [0.15, 0.2) is 52.2 Å². The number of benzene rings is 2. The fourth-order valence-corrected chi connectivity index (χ4v) is 5.24. The summed E-state index contributed by atoms with van der Waals surface area (Å²) >= 11 is 0. The fraction of sp³-hybridized carbons (Fsp3) is 0.286. The Bertz CT molecular complexity index is 1200. The highest BCUT2D eigenvalue weighted by molar-refractivity contribution is 7.89. The van der Waals surface area contributed by atoms with Gasteiger partial charge in [-0.15, -0.1) is 0 Å². The molecule has 0 saturated carbocycles. The Hall–Kier alpha value is -2.44. The van der Waals surface area contributed by atoms with Crippen molar-refractivity contribution in [1.82, 2.24) is 9.29 Å². The van der Waals surface area contributed by atoms with Gasteiger partial charge >= 0.3 is 0 Å². The average Bonchev–Trinajstić information content (AvgIpc) is 2.66. The number of hydrogen-bond donors (Lipinski definition) is 1. The first-order valence-corrected chi connectivity index (χ1v) is 10.6. The van der Waals surface area contributed by atoms with E-state index in [-0.39, 0.29) is 12.1 Å². The second kappa shape index (κ2) is 6.62. The third-order valence-electron chi connectivity index (χ3n) is 5.35. The van der Waals surface area contributed by atoms with E-state index in [1.54, 1.807) is 16.7 Å². The first-order chi connectivity index (χ1) is 12.9. The van der Waals surface area contributed by atoms with Crippen molar-refractivity contribution in [2.75, 3.05) is 0 Å². The van der Waals surface area contributed by atoms with E-state index in [4.69, 9.17) is 0 Å². The summed E-state index contributed by atoms with van der Waals surface area (Å²) in [5.74, 6) is 0. The molecule has 0 unspecified atom stereocenters. The number of nitrogens with zero attached hydrogens (tertiary/aromatic N) is 1. The highest BCUT2D eigenvalue weighted by atomic mass is 32.2. The Morgan fingerprint density at radius 1 is 1.11 bits per heavy atom. The van der Waals surface area contributed by atoms with Crippen LogP contribution in [0.3, 0.4) is 0 Å². The molecule has 6 heteroatoms. The van der Waals surface area contributed by atoms with E-state index in [1.165, 1.54) is 0 Å². The molecular weight excluding hydrogens is 360 g/mol. The Balaban J connectivity index is 1.85. The largest absolute Gasteiger partial charge is 0.308 e. The molecule has 5 nitrogen and oxygen atoms in total. The first-order valence-electron chi connectivity index (χ1n) is 9.09. The van der Waals surface area contributed by atoms with Gasteiger partial charge < -0.3 is 4.57 Å². The lowest BCUT2D eigenvalue weighted by Crippen LogP contribution is -2.27. The summed E-state index contributed by atoms with van der Waals surface area (Å²) in [5.41, 5.74) is 4.31. The van der Waals surface area contributed by atoms with Crippen LogP contribution in [0.5, 0.6) is 0 Å². The molecule has 1 aromatic heterocycles. The molecule has 1 N–H and O–H groups in total. The molecule has 0 spiro atoms. The van der Waals surface area contributed by atoms with Gasteiger partial charge in [0.2, 0.25) is 10.0 Å². The van der Waals surface area contributed by atoms with Crippen LogP contribution in [-0.4, -0.2) is 13.0 Å². The monoisotopic (exact) mass is 382 g/mol. The number of aromatic nitrogens is 1. The van der Waals surface area contributed by atoms with Crippen LogP contribution in [-0.2, 0) is 29.5 Å². The summed E-state index contributed by atoms with van der Waals surface area (Å²) in [5, 5.41) is 0.843. The van der Waals surface area contributed by atoms with Crippen molar-refractivity contribution >= 4 is 20.9 Å². The van der Waals surface area contributed by atoms with Gasteiger partial charge in [0.1, 0.15) is 0 Å². The van der Waals surface area contributed by atoms with Crippen molar-refractivity contribution in [3.05, 3.63) is 75.1 Å². The van der Waals surface area contributed by atoms with Crippen molar-refractivity contribution in [1.29, 1.82) is 0 Å². The highest BCUT2D eigenvalue weighted by Gasteiger charge is 2.24. The van der Waals surface area contributed by atoms with Gasteiger partial charge in [-0.25, -0.2) is 13.1 Å². The van der Waals surface area contributed by atoms with E-state index in [9.17, 15) is 13.2 Å². The molecular formula is C21H22N2O3S. The second-order valence-electron chi connectivity index (χ2n) is 7.11. The predicted octanol–water partition coefficient (Wildman–Crippen LogP) is 3.04. The van der Waals surface area contributed by atoms with Crippen LogP contribution < -0.4 is 10.3 Å². The van der Waals surface area contributed by atoms with Gasteiger partial charge in [0.05, 0.1) is 10.4 Å². The Morgan fingerprint density at radius 2 is 1.85 bits per heavy atom. The normalized spacial score (nSPS) is 13.9. The Labute approximate surface area is 158 Å². The Morgan fingerprint density at radius 3 is 2.59 bits per heavy atom. The Kier molecular flexibility index (Phi) is 4.40. The zero-order chi connectivity index (χ0) is 19.2. The smallest absolute Gasteiger partial charge is 0.251 e. The lowest BCUT2D eigenvalue weighted by Gasteiger charge is -2.24. The van der Waals surface area contributed by atoms with Crippen molar-refractivity contribution in [3.8, 4) is 0 Å². The summed E-state index contributed by atoms with van der Waals surface area (Å²) in [7, 11) is -3.67. The maximum Gasteiger partial charge on any atom is 0.251 e. The molecule has 1 aliphatic heterocycles. The van der Waals surface area contributed by atoms with Crippen molar-refractivity contribution < 1.29 is 8.42 Å². The van der Waals surface area contributed by atoms with Crippen molar-refractivity contribution in [2.24, 2.45) is 0 Å². The minimum atomic E-state index is -3.67. The molecule has 0 radical (unpaired) electrons. The van der Waals surface area contributed by atoms with E-state index >= 15 is 0 Å². The van der Waals surface area contributed by atoms with E-state index in [1.807, 2.05) is 44.2 Å². The maximum absolute atomic E-state index is 13.0. The molecule has 0 atom stereocenters. The van der Waals surface area contributed by atoms with Gasteiger partial charge in [0, 0.05) is 24.5 Å². The minimum absolute atomic E-state index is 0.0156. The van der Waals surface area contributed by atoms with Crippen molar-refractivity contribution in [2.45, 2.75) is 44.7 Å². The summed E-state index contributed by atoms with van der Waals surface area (Å²) in [4.78, 5) is 12.7. The van der Waals surface area contributed by atoms with Crippen LogP contribution in [0.1, 0.15) is 28.7 Å². The molecule has 140 valence electrons. The molecule has 0 aliphatic carbocycles. The standard InChI is InChI=1S/C21H22N2O3S/c1-14-11-20(24)23-10-6-9-17-15(2)19(12-18(14)21(17)23)27(25,26)22-13-16-7-4-3-5-8-16/h3-5,7-8,11-12,22H,6,9-10,13H2,1-2H3. The van der Waals surface area contributed by atoms with Crippen LogP contribution in [0.2, 0.25) is 0 Å². The van der Waals surface area contributed by atoms with Gasteiger partial charge in [0.25, 0.3) is 5.56 Å². The molecule has 1 aliphatic rings. The molecule has 2 heterocycles. The number of aryl methyl sites for hydroxylation is 3. The zero-order valence-corrected chi connectivity index (χ0v) is 16.3. The predicted molar refractivity (Wildman–Crippen MR) is 106 cm³/mol. The molecule has 27 heavy (non-hydrogen) atoms. The second-order valence-corrected chi connectivity index (χ2v) is 8.84. The van der Waals surface area contributed by atoms with Gasteiger partial charge in [-0.05, 0) is 55.0 Å². The summed E-state index contributed by atoms with van der Waals surface area (Å²) in [6.45, 7) is 4.63. The molecule has 0 bridgehead atoms. The summed E-state index contributed by atoms with van der Waals surface area (Å²) in [6.07, 6.45) is 1.63. The third-order valence-corrected chi connectivity index (χ3v) is 6.87. The highest BCUT2D eigenvalue weighted by Crippen LogP contribution is 2.32. The zero-order valence-electron chi connectivity index (χ0n) is 15.5. The van der Waals surface area contributed by atoms with Crippen LogP contribution in [0, 0.1) is 13.8 Å². The first kappa shape index (κ1) is 17.9. The number of hydrogen-bond acceptors (Lipinski definition) is 3. The van der Waals surface area contributed by atoms with Gasteiger partial charge in [-0.2, -0.15) is 0 Å². The van der Waals surface area contributed by atoms with E-state index < -0.39 is 10.0 Å². The van der Waals surface area contributed by atoms with Gasteiger partial charge in [0.15, 0.2) is 0 Å². The van der Waals surface area contributed by atoms with Crippen LogP contribution in [0.4, 0.5) is 0 Å². The lowest BCUT2D eigenvalue weighted by atomic mass is 9.95. The summed E-state index contributed by atoms with van der Waals surface area (Å²) in [6, 6.07) is 12.8. The number of nitrogens with one attached hydrogen (secondary N) is 1. The average molecular weight is 382 g/mol. The molecule has 0 fully saturated rings. The SMILES string of the molecule is Cc1c(S(=O)(=O)NCc2ccccc2)cc2c(C)cc(=O)n3c2c1CCC3. The minimum Gasteiger partial charge on any atom is -0.308 e. The third kappa shape index (κ3) is 3.09. The fourth-order valence-electron chi connectivity index (χ4n) is 3.93. The lowest BCUT2D eigenvalue weighted by molar-refractivity contribution is 0.579. The quantitative estimate of drug-likeness (QED) is 0.754. The van der Waals surface area contributed by atoms with Crippen molar-refractivity contribution in [3.63, 3.8) is 0 Å². The maximum atomic E-state index is 13.0. The number of rotatable bonds is 4. The van der Waals surface area contributed by atoms with Crippen LogP contribution >= 0.6 is 0 Å². The topological polar surface area (TPSA) is 68.2 Å².